The zero-order chi connectivity index (χ0) is 15.6. The Morgan fingerprint density at radius 3 is 2.57 bits per heavy atom. The van der Waals surface area contributed by atoms with Crippen molar-refractivity contribution in [2.45, 2.75) is 25.7 Å². The van der Waals surface area contributed by atoms with Crippen molar-refractivity contribution in [2.75, 3.05) is 0 Å². The van der Waals surface area contributed by atoms with Crippen LogP contribution in [-0.2, 0) is 19.8 Å². The summed E-state index contributed by atoms with van der Waals surface area (Å²) in [4.78, 5) is 0. The quantitative estimate of drug-likeness (QED) is 0.883. The van der Waals surface area contributed by atoms with Crippen LogP contribution in [0.3, 0.4) is 0 Å². The molecule has 0 aliphatic heterocycles. The smallest absolute Gasteiger partial charge is 0.319 e. The number of nitrogens with zero attached hydrogens (tertiary/aromatic N) is 3. The highest BCUT2D eigenvalue weighted by atomic mass is 19.4. The molecule has 1 unspecified atom stereocenters. The van der Waals surface area contributed by atoms with Gasteiger partial charge in [0.1, 0.15) is 18.0 Å². The first-order chi connectivity index (χ1) is 9.77. The van der Waals surface area contributed by atoms with Gasteiger partial charge in [-0.05, 0) is 30.7 Å². The number of aryl methyl sites for hydroxylation is 1. The van der Waals surface area contributed by atoms with Crippen LogP contribution < -0.4 is 5.32 Å². The molecule has 0 saturated heterocycles. The average molecular weight is 302 g/mol. The Morgan fingerprint density at radius 2 is 2.00 bits per heavy atom. The largest absolute Gasteiger partial charge is 0.416 e. The molecule has 2 aromatic rings. The Bertz CT molecular complexity index is 621. The first kappa shape index (κ1) is 15.4. The van der Waals surface area contributed by atoms with E-state index in [2.05, 4.69) is 15.5 Å². The SMILES string of the molecule is CC(NCc1cc(F)cc(C(F)(F)F)c1)c1nncn1C. The van der Waals surface area contributed by atoms with Gasteiger partial charge in [-0.25, -0.2) is 4.39 Å². The maximum Gasteiger partial charge on any atom is 0.416 e. The minimum absolute atomic E-state index is 0.0921. The van der Waals surface area contributed by atoms with E-state index in [0.717, 1.165) is 12.1 Å². The second-order valence-electron chi connectivity index (χ2n) is 4.75. The van der Waals surface area contributed by atoms with E-state index in [9.17, 15) is 17.6 Å². The van der Waals surface area contributed by atoms with Crippen molar-refractivity contribution in [3.8, 4) is 0 Å². The maximum absolute atomic E-state index is 13.3. The van der Waals surface area contributed by atoms with Gasteiger partial charge in [-0.3, -0.25) is 0 Å². The molecule has 1 atom stereocenters. The highest BCUT2D eigenvalue weighted by molar-refractivity contribution is 5.26. The number of benzene rings is 1. The van der Waals surface area contributed by atoms with E-state index in [-0.39, 0.29) is 18.2 Å². The summed E-state index contributed by atoms with van der Waals surface area (Å²) in [6.07, 6.45) is -3.04. The molecule has 0 radical (unpaired) electrons. The fourth-order valence-corrected chi connectivity index (χ4v) is 1.96. The molecule has 1 heterocycles. The molecule has 1 N–H and O–H groups in total. The summed E-state index contributed by atoms with van der Waals surface area (Å²) in [5.74, 6) is -0.268. The van der Waals surface area contributed by atoms with Crippen LogP contribution in [0.25, 0.3) is 0 Å². The minimum atomic E-state index is -4.56. The Balaban J connectivity index is 2.10. The molecular formula is C13H14F4N4. The van der Waals surface area contributed by atoms with Crippen LogP contribution in [0.5, 0.6) is 0 Å². The number of hydrogen-bond donors (Lipinski definition) is 1. The predicted molar refractivity (Wildman–Crippen MR) is 67.7 cm³/mol. The van der Waals surface area contributed by atoms with Gasteiger partial charge in [-0.2, -0.15) is 13.2 Å². The van der Waals surface area contributed by atoms with Gasteiger partial charge in [0, 0.05) is 13.6 Å². The van der Waals surface area contributed by atoms with Gasteiger partial charge in [0.2, 0.25) is 0 Å². The van der Waals surface area contributed by atoms with Gasteiger partial charge in [-0.1, -0.05) is 0 Å². The van der Waals surface area contributed by atoms with Crippen molar-refractivity contribution in [3.05, 3.63) is 47.3 Å². The minimum Gasteiger partial charge on any atom is -0.319 e. The fraction of sp³-hybridized carbons (Fsp3) is 0.385. The van der Waals surface area contributed by atoms with Crippen LogP contribution in [0.15, 0.2) is 24.5 Å². The predicted octanol–water partition coefficient (Wildman–Crippen LogP) is 2.82. The van der Waals surface area contributed by atoms with E-state index in [1.807, 2.05) is 0 Å². The number of aromatic nitrogens is 3. The van der Waals surface area contributed by atoms with E-state index in [1.54, 1.807) is 18.5 Å². The lowest BCUT2D eigenvalue weighted by Crippen LogP contribution is -2.21. The Morgan fingerprint density at radius 1 is 1.29 bits per heavy atom. The standard InChI is InChI=1S/C13H14F4N4/c1-8(12-20-19-7-21(12)2)18-6-9-3-10(13(15,16)17)5-11(14)4-9/h3-5,7-8,18H,6H2,1-2H3. The summed E-state index contributed by atoms with van der Waals surface area (Å²) in [6, 6.07) is 2.26. The van der Waals surface area contributed by atoms with E-state index in [4.69, 9.17) is 0 Å². The number of halogens is 4. The van der Waals surface area contributed by atoms with Gasteiger partial charge in [0.25, 0.3) is 0 Å². The van der Waals surface area contributed by atoms with Crippen molar-refractivity contribution >= 4 is 0 Å². The fourth-order valence-electron chi connectivity index (χ4n) is 1.96. The van der Waals surface area contributed by atoms with Gasteiger partial charge >= 0.3 is 6.18 Å². The molecule has 0 saturated carbocycles. The molecule has 0 spiro atoms. The third kappa shape index (κ3) is 3.78. The first-order valence-corrected chi connectivity index (χ1v) is 6.21. The van der Waals surface area contributed by atoms with Gasteiger partial charge < -0.3 is 9.88 Å². The van der Waals surface area contributed by atoms with Crippen LogP contribution in [-0.4, -0.2) is 14.8 Å². The topological polar surface area (TPSA) is 42.7 Å². The van der Waals surface area contributed by atoms with Gasteiger partial charge in [0.05, 0.1) is 11.6 Å². The molecule has 21 heavy (non-hydrogen) atoms. The van der Waals surface area contributed by atoms with E-state index in [0.29, 0.717) is 11.9 Å². The van der Waals surface area contributed by atoms with E-state index in [1.165, 1.54) is 6.33 Å². The van der Waals surface area contributed by atoms with Gasteiger partial charge in [0.15, 0.2) is 0 Å². The second kappa shape index (κ2) is 5.80. The number of alkyl halides is 3. The molecule has 4 nitrogen and oxygen atoms in total. The summed E-state index contributed by atoms with van der Waals surface area (Å²) < 4.78 is 52.8. The summed E-state index contributed by atoms with van der Waals surface area (Å²) in [5.41, 5.74) is -0.776. The molecule has 1 aromatic heterocycles. The summed E-state index contributed by atoms with van der Waals surface area (Å²) in [5, 5.41) is 10.6. The molecule has 114 valence electrons. The summed E-state index contributed by atoms with van der Waals surface area (Å²) in [7, 11) is 1.76. The molecule has 0 fully saturated rings. The molecule has 2 rings (SSSR count). The Hall–Kier alpha value is -1.96. The third-order valence-corrected chi connectivity index (χ3v) is 3.03. The van der Waals surface area contributed by atoms with Crippen LogP contribution in [0.2, 0.25) is 0 Å². The molecule has 0 aliphatic carbocycles. The van der Waals surface area contributed by atoms with Crippen LogP contribution in [0.1, 0.15) is 29.9 Å². The zero-order valence-electron chi connectivity index (χ0n) is 11.4. The van der Waals surface area contributed by atoms with Crippen molar-refractivity contribution in [1.82, 2.24) is 20.1 Å². The van der Waals surface area contributed by atoms with Crippen molar-refractivity contribution in [2.24, 2.45) is 7.05 Å². The normalized spacial score (nSPS) is 13.4. The highest BCUT2D eigenvalue weighted by Crippen LogP contribution is 2.30. The molecule has 0 aliphatic rings. The second-order valence-corrected chi connectivity index (χ2v) is 4.75. The number of hydrogen-bond acceptors (Lipinski definition) is 3. The zero-order valence-corrected chi connectivity index (χ0v) is 11.4. The number of nitrogens with one attached hydrogen (secondary N) is 1. The monoisotopic (exact) mass is 302 g/mol. The Labute approximate surface area is 118 Å². The molecule has 1 aromatic carbocycles. The van der Waals surface area contributed by atoms with E-state index >= 15 is 0 Å². The van der Waals surface area contributed by atoms with Crippen molar-refractivity contribution in [3.63, 3.8) is 0 Å². The summed E-state index contributed by atoms with van der Waals surface area (Å²) >= 11 is 0. The first-order valence-electron chi connectivity index (χ1n) is 6.21. The summed E-state index contributed by atoms with van der Waals surface area (Å²) in [6.45, 7) is 1.89. The molecule has 0 bridgehead atoms. The maximum atomic E-state index is 13.3. The average Bonchev–Trinajstić information content (AvgIpc) is 2.80. The molecular weight excluding hydrogens is 288 g/mol. The lowest BCUT2D eigenvalue weighted by molar-refractivity contribution is -0.137. The van der Waals surface area contributed by atoms with E-state index < -0.39 is 17.6 Å². The lowest BCUT2D eigenvalue weighted by Gasteiger charge is -2.14. The van der Waals surface area contributed by atoms with Crippen LogP contribution in [0.4, 0.5) is 17.6 Å². The van der Waals surface area contributed by atoms with Crippen molar-refractivity contribution in [1.29, 1.82) is 0 Å². The Kier molecular flexibility index (Phi) is 4.26. The van der Waals surface area contributed by atoms with Crippen LogP contribution >= 0.6 is 0 Å². The number of rotatable bonds is 4. The third-order valence-electron chi connectivity index (χ3n) is 3.03. The highest BCUT2D eigenvalue weighted by Gasteiger charge is 2.31. The molecule has 0 amide bonds. The van der Waals surface area contributed by atoms with Crippen LogP contribution in [0, 0.1) is 5.82 Å². The lowest BCUT2D eigenvalue weighted by atomic mass is 10.1. The molecule has 8 heteroatoms. The van der Waals surface area contributed by atoms with Gasteiger partial charge in [-0.15, -0.1) is 10.2 Å². The van der Waals surface area contributed by atoms with Crippen molar-refractivity contribution < 1.29 is 17.6 Å².